The topological polar surface area (TPSA) is 89.8 Å². The van der Waals surface area contributed by atoms with Crippen LogP contribution in [-0.4, -0.2) is 31.7 Å². The van der Waals surface area contributed by atoms with Gasteiger partial charge in [0.05, 0.1) is 9.82 Å². The minimum absolute atomic E-state index is 0.0611. The van der Waals surface area contributed by atoms with E-state index in [2.05, 4.69) is 0 Å². The van der Waals surface area contributed by atoms with Crippen LogP contribution in [0.15, 0.2) is 40.6 Å². The zero-order chi connectivity index (χ0) is 16.3. The lowest BCUT2D eigenvalue weighted by Gasteiger charge is -2.11. The highest BCUT2D eigenvalue weighted by molar-refractivity contribution is 7.89. The normalized spacial score (nSPS) is 11.6. The molecule has 0 radical (unpaired) electrons. The van der Waals surface area contributed by atoms with Gasteiger partial charge in [0.1, 0.15) is 12.4 Å². The van der Waals surface area contributed by atoms with E-state index in [-0.39, 0.29) is 16.5 Å². The van der Waals surface area contributed by atoms with E-state index in [0.29, 0.717) is 11.3 Å². The molecule has 2 aromatic rings. The van der Waals surface area contributed by atoms with Gasteiger partial charge in [0.2, 0.25) is 10.0 Å². The summed E-state index contributed by atoms with van der Waals surface area (Å²) >= 11 is 1.04. The molecular weight excluding hydrogens is 328 g/mol. The predicted octanol–water partition coefficient (Wildman–Crippen LogP) is 2.49. The molecule has 118 valence electrons. The van der Waals surface area contributed by atoms with Crippen molar-refractivity contribution in [2.24, 2.45) is 0 Å². The van der Waals surface area contributed by atoms with Gasteiger partial charge in [-0.15, -0.1) is 0 Å². The van der Waals surface area contributed by atoms with E-state index in [1.807, 2.05) is 0 Å². The van der Waals surface area contributed by atoms with E-state index in [4.69, 9.17) is 4.74 Å². The van der Waals surface area contributed by atoms with Crippen LogP contribution in [0.25, 0.3) is 0 Å². The molecule has 0 aliphatic heterocycles. The molecule has 22 heavy (non-hydrogen) atoms. The highest BCUT2D eigenvalue weighted by Gasteiger charge is 2.16. The molecule has 0 bridgehead atoms. The molecule has 0 fully saturated rings. The summed E-state index contributed by atoms with van der Waals surface area (Å²) in [6.45, 7) is 0.185. The summed E-state index contributed by atoms with van der Waals surface area (Å²) in [5.41, 5.74) is 0.696. The van der Waals surface area contributed by atoms with Gasteiger partial charge in [-0.1, -0.05) is 11.3 Å². The second-order valence-corrected chi connectivity index (χ2v) is 7.64. The first-order valence-corrected chi connectivity index (χ1v) is 8.50. The van der Waals surface area contributed by atoms with Crippen LogP contribution >= 0.6 is 11.3 Å². The van der Waals surface area contributed by atoms with Crippen LogP contribution in [0.1, 0.15) is 5.56 Å². The van der Waals surface area contributed by atoms with Gasteiger partial charge in [-0.25, -0.2) is 12.7 Å². The zero-order valence-electron chi connectivity index (χ0n) is 11.9. The number of hydrogen-bond donors (Lipinski definition) is 0. The van der Waals surface area contributed by atoms with Crippen molar-refractivity contribution in [3.8, 4) is 5.75 Å². The molecule has 1 heterocycles. The number of sulfonamides is 1. The average molecular weight is 342 g/mol. The molecular formula is C13H14N2O5S2. The van der Waals surface area contributed by atoms with Crippen LogP contribution in [0.3, 0.4) is 0 Å². The molecule has 9 heteroatoms. The maximum atomic E-state index is 11.9. The number of nitro groups is 1. The monoisotopic (exact) mass is 342 g/mol. The molecule has 2 rings (SSSR count). The fraction of sp³-hybridized carbons (Fsp3) is 0.231. The summed E-state index contributed by atoms with van der Waals surface area (Å²) < 4.78 is 30.4. The third-order valence-corrected chi connectivity index (χ3v) is 5.59. The molecule has 0 amide bonds. The Balaban J connectivity index is 2.04. The van der Waals surface area contributed by atoms with Crippen molar-refractivity contribution in [3.63, 3.8) is 0 Å². The van der Waals surface area contributed by atoms with Crippen LogP contribution in [0.5, 0.6) is 5.75 Å². The zero-order valence-corrected chi connectivity index (χ0v) is 13.6. The summed E-state index contributed by atoms with van der Waals surface area (Å²) in [4.78, 5) is 10.3. The van der Waals surface area contributed by atoms with Crippen LogP contribution in [0.4, 0.5) is 5.00 Å². The lowest BCUT2D eigenvalue weighted by molar-refractivity contribution is -0.380. The van der Waals surface area contributed by atoms with Gasteiger partial charge < -0.3 is 4.74 Å². The van der Waals surface area contributed by atoms with Crippen molar-refractivity contribution < 1.29 is 18.1 Å². The fourth-order valence-corrected chi connectivity index (χ4v) is 3.23. The van der Waals surface area contributed by atoms with E-state index in [1.54, 1.807) is 17.5 Å². The lowest BCUT2D eigenvalue weighted by Crippen LogP contribution is -2.22. The number of hydrogen-bond acceptors (Lipinski definition) is 6. The smallest absolute Gasteiger partial charge is 0.324 e. The van der Waals surface area contributed by atoms with Crippen molar-refractivity contribution in [1.29, 1.82) is 0 Å². The van der Waals surface area contributed by atoms with E-state index in [9.17, 15) is 18.5 Å². The van der Waals surface area contributed by atoms with Crippen LogP contribution < -0.4 is 4.74 Å². The highest BCUT2D eigenvalue weighted by Crippen LogP contribution is 2.24. The standard InChI is InChI=1S/C13H14N2O5S2/c1-14(2)22(18,19)12-5-3-11(4-6-12)20-8-10-7-13(15(16)17)21-9-10/h3-7,9H,8H2,1-2H3. The Kier molecular flexibility index (Phi) is 4.79. The first kappa shape index (κ1) is 16.4. The highest BCUT2D eigenvalue weighted by atomic mass is 32.2. The molecule has 0 aliphatic carbocycles. The molecule has 0 spiro atoms. The molecule has 0 aliphatic rings. The van der Waals surface area contributed by atoms with E-state index in [1.165, 1.54) is 32.3 Å². The van der Waals surface area contributed by atoms with Crippen molar-refractivity contribution in [3.05, 3.63) is 51.4 Å². The maximum Gasteiger partial charge on any atom is 0.324 e. The number of thiophene rings is 1. The average Bonchev–Trinajstić information content (AvgIpc) is 2.94. The molecule has 0 saturated carbocycles. The third kappa shape index (κ3) is 3.62. The molecule has 0 saturated heterocycles. The molecule has 0 atom stereocenters. The number of benzene rings is 1. The Hall–Kier alpha value is -1.97. The molecule has 1 aromatic heterocycles. The lowest BCUT2D eigenvalue weighted by atomic mass is 10.3. The predicted molar refractivity (Wildman–Crippen MR) is 82.6 cm³/mol. The van der Waals surface area contributed by atoms with Gasteiger partial charge in [0, 0.05) is 31.1 Å². The Labute approximate surface area is 132 Å². The Morgan fingerprint density at radius 2 is 1.91 bits per heavy atom. The van der Waals surface area contributed by atoms with Gasteiger partial charge in [-0.05, 0) is 24.3 Å². The largest absolute Gasteiger partial charge is 0.489 e. The summed E-state index contributed by atoms with van der Waals surface area (Å²) in [5.74, 6) is 0.492. The molecule has 7 nitrogen and oxygen atoms in total. The molecule has 1 aromatic carbocycles. The van der Waals surface area contributed by atoms with Gasteiger partial charge in [-0.3, -0.25) is 10.1 Å². The fourth-order valence-electron chi connectivity index (χ4n) is 1.62. The van der Waals surface area contributed by atoms with Gasteiger partial charge in [-0.2, -0.15) is 0 Å². The Morgan fingerprint density at radius 3 is 2.41 bits per heavy atom. The third-order valence-electron chi connectivity index (χ3n) is 2.83. The van der Waals surface area contributed by atoms with Gasteiger partial charge in [0.25, 0.3) is 0 Å². The molecule has 0 unspecified atom stereocenters. The Bertz CT molecular complexity index is 766. The SMILES string of the molecule is CN(C)S(=O)(=O)c1ccc(OCc2csc([N+](=O)[O-])c2)cc1. The van der Waals surface area contributed by atoms with Crippen molar-refractivity contribution in [2.75, 3.05) is 14.1 Å². The van der Waals surface area contributed by atoms with Crippen molar-refractivity contribution in [1.82, 2.24) is 4.31 Å². The van der Waals surface area contributed by atoms with E-state index < -0.39 is 14.9 Å². The van der Waals surface area contributed by atoms with Crippen LogP contribution in [0, 0.1) is 10.1 Å². The Morgan fingerprint density at radius 1 is 1.27 bits per heavy atom. The number of nitrogens with zero attached hydrogens (tertiary/aromatic N) is 2. The maximum absolute atomic E-state index is 11.9. The summed E-state index contributed by atoms with van der Waals surface area (Å²) in [5, 5.41) is 12.3. The summed E-state index contributed by atoms with van der Waals surface area (Å²) in [6, 6.07) is 7.48. The summed E-state index contributed by atoms with van der Waals surface area (Å²) in [7, 11) is -0.539. The second kappa shape index (κ2) is 6.42. The van der Waals surface area contributed by atoms with E-state index in [0.717, 1.165) is 15.6 Å². The summed E-state index contributed by atoms with van der Waals surface area (Å²) in [6.07, 6.45) is 0. The van der Waals surface area contributed by atoms with Crippen molar-refractivity contribution in [2.45, 2.75) is 11.5 Å². The minimum Gasteiger partial charge on any atom is -0.489 e. The van der Waals surface area contributed by atoms with Gasteiger partial charge in [0.15, 0.2) is 0 Å². The number of ether oxygens (including phenoxy) is 1. The minimum atomic E-state index is -3.46. The quantitative estimate of drug-likeness (QED) is 0.594. The number of rotatable bonds is 6. The van der Waals surface area contributed by atoms with Crippen LogP contribution in [0.2, 0.25) is 0 Å². The first-order chi connectivity index (χ1) is 10.3. The van der Waals surface area contributed by atoms with Gasteiger partial charge >= 0.3 is 5.00 Å². The van der Waals surface area contributed by atoms with Crippen LogP contribution in [-0.2, 0) is 16.6 Å². The van der Waals surface area contributed by atoms with Crippen molar-refractivity contribution >= 4 is 26.4 Å². The van der Waals surface area contributed by atoms with E-state index >= 15 is 0 Å². The second-order valence-electron chi connectivity index (χ2n) is 4.60. The molecule has 0 N–H and O–H groups in total. The first-order valence-electron chi connectivity index (χ1n) is 6.18.